The highest BCUT2D eigenvalue weighted by Gasteiger charge is 2.94. The molecule has 0 unspecified atom stereocenters. The fraction of sp³-hybridized carbons (Fsp3) is 0.667. The standard InChI is InChI=1S/C24H31Cl2NO5Si/c1-21(2,3)33(5,6)32-23-13-22(23,20(29)27-9-7-8-10-27)24(30-4)15-12-17(26)16(25)11-14(15)18(28)19(23)31-24/h11-12,19H,7-10,13H2,1-6H3/t19-,22+,23+,24+/m1/s1. The minimum Gasteiger partial charge on any atom is -0.407 e. The van der Waals surface area contributed by atoms with E-state index < -0.39 is 31.2 Å². The first-order valence-corrected chi connectivity index (χ1v) is 15.2. The van der Waals surface area contributed by atoms with Crippen molar-refractivity contribution in [2.45, 2.75) is 75.7 Å². The summed E-state index contributed by atoms with van der Waals surface area (Å²) in [7, 11) is -0.877. The van der Waals surface area contributed by atoms with Crippen LogP contribution < -0.4 is 0 Å². The topological polar surface area (TPSA) is 65.1 Å². The molecule has 1 amide bonds. The van der Waals surface area contributed by atoms with E-state index in [0.717, 1.165) is 12.8 Å². The molecule has 1 aliphatic carbocycles. The summed E-state index contributed by atoms with van der Waals surface area (Å²) in [6.45, 7) is 12.1. The minimum absolute atomic E-state index is 0.0604. The molecular formula is C24H31Cl2NO5Si. The zero-order valence-electron chi connectivity index (χ0n) is 20.0. The van der Waals surface area contributed by atoms with Gasteiger partial charge in [-0.2, -0.15) is 0 Å². The monoisotopic (exact) mass is 511 g/mol. The van der Waals surface area contributed by atoms with Crippen molar-refractivity contribution < 1.29 is 23.5 Å². The average Bonchev–Trinajstić information content (AvgIpc) is 3.07. The summed E-state index contributed by atoms with van der Waals surface area (Å²) in [6, 6.07) is 3.19. The number of nitrogens with zero attached hydrogens (tertiary/aromatic N) is 1. The second kappa shape index (κ2) is 7.05. The molecule has 0 spiro atoms. The molecule has 33 heavy (non-hydrogen) atoms. The highest BCUT2D eigenvalue weighted by molar-refractivity contribution is 6.74. The Labute approximate surface area is 206 Å². The van der Waals surface area contributed by atoms with Crippen LogP contribution >= 0.6 is 23.2 Å². The van der Waals surface area contributed by atoms with E-state index in [4.69, 9.17) is 37.1 Å². The second-order valence-corrected chi connectivity index (χ2v) is 16.9. The van der Waals surface area contributed by atoms with Crippen molar-refractivity contribution in [1.82, 2.24) is 4.90 Å². The molecular weight excluding hydrogens is 481 g/mol. The lowest BCUT2D eigenvalue weighted by Gasteiger charge is -2.41. The van der Waals surface area contributed by atoms with E-state index in [9.17, 15) is 9.59 Å². The molecule has 3 fully saturated rings. The molecule has 180 valence electrons. The van der Waals surface area contributed by atoms with Crippen LogP contribution in [0.1, 0.15) is 56.0 Å². The number of ether oxygens (including phenoxy) is 2. The maximum Gasteiger partial charge on any atom is 0.237 e. The number of hydrogen-bond acceptors (Lipinski definition) is 5. The van der Waals surface area contributed by atoms with E-state index in [-0.39, 0.29) is 26.8 Å². The largest absolute Gasteiger partial charge is 0.407 e. The van der Waals surface area contributed by atoms with Gasteiger partial charge in [0.1, 0.15) is 11.0 Å². The second-order valence-electron chi connectivity index (χ2n) is 11.3. The van der Waals surface area contributed by atoms with Crippen LogP contribution in [0.4, 0.5) is 0 Å². The molecule has 0 N–H and O–H groups in total. The Kier molecular flexibility index (Phi) is 5.07. The lowest BCUT2D eigenvalue weighted by molar-refractivity contribution is -0.258. The van der Waals surface area contributed by atoms with Gasteiger partial charge in [0.05, 0.1) is 10.0 Å². The number of methoxy groups -OCH3 is 1. The van der Waals surface area contributed by atoms with Crippen LogP contribution in [0.15, 0.2) is 12.1 Å². The lowest BCUT2D eigenvalue weighted by atomic mass is 9.84. The summed E-state index contributed by atoms with van der Waals surface area (Å²) < 4.78 is 19.6. The van der Waals surface area contributed by atoms with Gasteiger partial charge in [0, 0.05) is 37.7 Å². The van der Waals surface area contributed by atoms with Gasteiger partial charge in [0.15, 0.2) is 20.2 Å². The highest BCUT2D eigenvalue weighted by Crippen LogP contribution is 2.79. The number of amides is 1. The van der Waals surface area contributed by atoms with Crippen molar-refractivity contribution in [3.8, 4) is 0 Å². The lowest BCUT2D eigenvalue weighted by Crippen LogP contribution is -2.53. The van der Waals surface area contributed by atoms with Crippen molar-refractivity contribution in [2.24, 2.45) is 5.41 Å². The maximum atomic E-state index is 14.3. The summed E-state index contributed by atoms with van der Waals surface area (Å²) >= 11 is 12.7. The predicted octanol–water partition coefficient (Wildman–Crippen LogP) is 5.16. The first-order valence-electron chi connectivity index (χ1n) is 11.5. The fourth-order valence-corrected chi connectivity index (χ4v) is 7.75. The number of carbonyl (C=O) groups is 2. The molecule has 3 aliphatic heterocycles. The van der Waals surface area contributed by atoms with Gasteiger partial charge in [-0.25, -0.2) is 0 Å². The van der Waals surface area contributed by atoms with Crippen molar-refractivity contribution >= 4 is 43.2 Å². The summed E-state index contributed by atoms with van der Waals surface area (Å²) in [6.07, 6.45) is 1.35. The number of ketones is 1. The molecule has 4 aliphatic rings. The molecule has 2 bridgehead atoms. The van der Waals surface area contributed by atoms with Crippen LogP contribution in [0, 0.1) is 5.41 Å². The number of likely N-dealkylation sites (tertiary alicyclic amines) is 1. The third kappa shape index (κ3) is 2.78. The number of Topliss-reactive ketones (excluding diaryl/α,β-unsaturated/α-hetero) is 1. The van der Waals surface area contributed by atoms with Crippen LogP contribution in [-0.2, 0) is 24.5 Å². The zero-order chi connectivity index (χ0) is 24.2. The van der Waals surface area contributed by atoms with Gasteiger partial charge in [-0.3, -0.25) is 9.59 Å². The Morgan fingerprint density at radius 3 is 2.36 bits per heavy atom. The molecule has 1 saturated carbocycles. The van der Waals surface area contributed by atoms with Crippen LogP contribution in [0.2, 0.25) is 28.2 Å². The van der Waals surface area contributed by atoms with Crippen molar-refractivity contribution in [3.63, 3.8) is 0 Å². The van der Waals surface area contributed by atoms with E-state index in [1.54, 1.807) is 12.1 Å². The molecule has 0 aromatic heterocycles. The van der Waals surface area contributed by atoms with Crippen molar-refractivity contribution in [3.05, 3.63) is 33.3 Å². The first kappa shape index (κ1) is 23.8. The highest BCUT2D eigenvalue weighted by atomic mass is 35.5. The Morgan fingerprint density at radius 1 is 1.18 bits per heavy atom. The molecule has 0 radical (unpaired) electrons. The molecule has 2 saturated heterocycles. The summed E-state index contributed by atoms with van der Waals surface area (Å²) in [5.41, 5.74) is -1.38. The smallest absolute Gasteiger partial charge is 0.237 e. The molecule has 9 heteroatoms. The normalized spacial score (nSPS) is 35.0. The number of fused-ring (bicyclic) bond motifs is 7. The van der Waals surface area contributed by atoms with Crippen LogP contribution in [0.3, 0.4) is 0 Å². The molecule has 1 aromatic carbocycles. The third-order valence-electron chi connectivity index (χ3n) is 8.60. The molecule has 6 nitrogen and oxygen atoms in total. The number of carbonyl (C=O) groups excluding carboxylic acids is 2. The Hall–Kier alpha value is -0.963. The summed E-state index contributed by atoms with van der Waals surface area (Å²) in [5.74, 6) is -1.75. The van der Waals surface area contributed by atoms with E-state index in [1.807, 2.05) is 4.90 Å². The van der Waals surface area contributed by atoms with Crippen molar-refractivity contribution in [2.75, 3.05) is 20.2 Å². The quantitative estimate of drug-likeness (QED) is 0.522. The maximum absolute atomic E-state index is 14.3. The van der Waals surface area contributed by atoms with E-state index >= 15 is 0 Å². The van der Waals surface area contributed by atoms with E-state index in [2.05, 4.69) is 33.9 Å². The predicted molar refractivity (Wildman–Crippen MR) is 128 cm³/mol. The number of benzene rings is 1. The van der Waals surface area contributed by atoms with Gasteiger partial charge in [0.2, 0.25) is 11.7 Å². The van der Waals surface area contributed by atoms with Crippen LogP contribution in [-0.4, -0.2) is 56.8 Å². The third-order valence-corrected chi connectivity index (χ3v) is 13.8. The molecule has 1 aromatic rings. The molecule has 5 rings (SSSR count). The zero-order valence-corrected chi connectivity index (χ0v) is 22.5. The van der Waals surface area contributed by atoms with Gasteiger partial charge < -0.3 is 18.8 Å². The Morgan fingerprint density at radius 2 is 1.79 bits per heavy atom. The van der Waals surface area contributed by atoms with Gasteiger partial charge in [-0.15, -0.1) is 0 Å². The molecule has 3 heterocycles. The Balaban J connectivity index is 1.74. The van der Waals surface area contributed by atoms with E-state index in [1.165, 1.54) is 7.11 Å². The van der Waals surface area contributed by atoms with Crippen LogP contribution in [0.25, 0.3) is 0 Å². The van der Waals surface area contributed by atoms with Gasteiger partial charge in [-0.1, -0.05) is 44.0 Å². The minimum atomic E-state index is -2.40. The molecule has 4 atom stereocenters. The summed E-state index contributed by atoms with van der Waals surface area (Å²) in [5, 5.41) is 0.449. The number of rotatable bonds is 4. The first-order chi connectivity index (χ1) is 15.3. The van der Waals surface area contributed by atoms with Crippen molar-refractivity contribution in [1.29, 1.82) is 0 Å². The summed E-state index contributed by atoms with van der Waals surface area (Å²) in [4.78, 5) is 29.9. The fourth-order valence-electron chi connectivity index (χ4n) is 5.85. The average molecular weight is 513 g/mol. The van der Waals surface area contributed by atoms with Gasteiger partial charge in [0.25, 0.3) is 0 Å². The van der Waals surface area contributed by atoms with E-state index in [0.29, 0.717) is 30.6 Å². The van der Waals surface area contributed by atoms with Crippen LogP contribution in [0.5, 0.6) is 0 Å². The number of hydrogen-bond donors (Lipinski definition) is 0. The van der Waals surface area contributed by atoms with Gasteiger partial charge >= 0.3 is 0 Å². The SMILES string of the molecule is CO[C@]12O[C@H](C(=O)c3cc(Cl)c(Cl)cc31)[C@@]1(O[Si](C)(C)C(C)(C)C)C[C@@]21C(=O)N1CCCC1. The van der Waals surface area contributed by atoms with Gasteiger partial charge in [-0.05, 0) is 43.1 Å². The number of halogens is 2. The Bertz CT molecular complexity index is 1070.